The first-order valence-corrected chi connectivity index (χ1v) is 6.38. The maximum absolute atomic E-state index is 11.8. The van der Waals surface area contributed by atoms with Gasteiger partial charge in [0.25, 0.3) is 0 Å². The van der Waals surface area contributed by atoms with Gasteiger partial charge in [0.05, 0.1) is 0 Å². The quantitative estimate of drug-likeness (QED) is 0.934. The number of aromatic nitrogens is 2. The molecule has 0 aliphatic carbocycles. The summed E-state index contributed by atoms with van der Waals surface area (Å²) in [5, 5.41) is 11.0. The number of carbonyl (C=O) groups is 1. The number of hydrogen-bond acceptors (Lipinski definition) is 4. The number of halogens is 1. The third kappa shape index (κ3) is 3.32. The molecule has 2 aromatic rings. The molecule has 1 N–H and O–H groups in total. The summed E-state index contributed by atoms with van der Waals surface area (Å²) in [4.78, 5) is 11.8. The van der Waals surface area contributed by atoms with E-state index in [0.717, 1.165) is 12.0 Å². The highest BCUT2D eigenvalue weighted by Gasteiger charge is 2.16. The molecule has 0 aliphatic rings. The third-order valence-corrected chi connectivity index (χ3v) is 2.95. The van der Waals surface area contributed by atoms with E-state index in [2.05, 4.69) is 15.5 Å². The monoisotopic (exact) mass is 279 g/mol. The Morgan fingerprint density at radius 2 is 2.05 bits per heavy atom. The normalized spacial score (nSPS) is 12.2. The van der Waals surface area contributed by atoms with Gasteiger partial charge in [-0.1, -0.05) is 18.5 Å². The third-order valence-electron chi connectivity index (χ3n) is 2.70. The van der Waals surface area contributed by atoms with Gasteiger partial charge < -0.3 is 9.73 Å². The van der Waals surface area contributed by atoms with Gasteiger partial charge >= 0.3 is 11.8 Å². The average Bonchev–Trinajstić information content (AvgIpc) is 2.89. The zero-order chi connectivity index (χ0) is 13.8. The molecule has 1 aromatic heterocycles. The van der Waals surface area contributed by atoms with Crippen LogP contribution in [0.25, 0.3) is 11.5 Å². The molecule has 1 atom stereocenters. The molecule has 1 unspecified atom stereocenters. The van der Waals surface area contributed by atoms with Gasteiger partial charge in [-0.15, -0.1) is 10.2 Å². The molecule has 1 aromatic carbocycles. The second-order valence-electron chi connectivity index (χ2n) is 4.20. The van der Waals surface area contributed by atoms with Crippen LogP contribution in [0.15, 0.2) is 28.7 Å². The molecule has 5 nitrogen and oxygen atoms in total. The molecule has 0 spiro atoms. The Labute approximate surface area is 116 Å². The van der Waals surface area contributed by atoms with Crippen LogP contribution in [0.1, 0.15) is 31.0 Å². The van der Waals surface area contributed by atoms with E-state index >= 15 is 0 Å². The summed E-state index contributed by atoms with van der Waals surface area (Å²) >= 11 is 5.80. The Kier molecular flexibility index (Phi) is 4.16. The number of benzene rings is 1. The first-order chi connectivity index (χ1) is 9.10. The van der Waals surface area contributed by atoms with Crippen molar-refractivity contribution in [1.82, 2.24) is 15.5 Å². The minimum Gasteiger partial charge on any atom is -0.412 e. The Morgan fingerprint density at radius 3 is 2.68 bits per heavy atom. The largest absolute Gasteiger partial charge is 0.412 e. The van der Waals surface area contributed by atoms with E-state index < -0.39 is 0 Å². The van der Waals surface area contributed by atoms with E-state index in [1.54, 1.807) is 24.3 Å². The molecule has 2 rings (SSSR count). The molecule has 0 radical (unpaired) electrons. The Morgan fingerprint density at radius 1 is 1.37 bits per heavy atom. The Balaban J connectivity index is 2.15. The highest BCUT2D eigenvalue weighted by molar-refractivity contribution is 6.30. The van der Waals surface area contributed by atoms with Gasteiger partial charge in [0.1, 0.15) is 0 Å². The number of nitrogens with zero attached hydrogens (tertiary/aromatic N) is 2. The van der Waals surface area contributed by atoms with Crippen LogP contribution < -0.4 is 5.32 Å². The fourth-order valence-electron chi connectivity index (χ4n) is 1.41. The number of hydrogen-bond donors (Lipinski definition) is 1. The van der Waals surface area contributed by atoms with E-state index in [-0.39, 0.29) is 17.8 Å². The minimum atomic E-state index is -0.359. The van der Waals surface area contributed by atoms with Crippen molar-refractivity contribution in [3.05, 3.63) is 35.2 Å². The first kappa shape index (κ1) is 13.5. The lowest BCUT2D eigenvalue weighted by molar-refractivity contribution is 0.0905. The number of rotatable bonds is 4. The van der Waals surface area contributed by atoms with Gasteiger partial charge in [0, 0.05) is 16.6 Å². The standard InChI is InChI=1S/C13H14ClN3O2/c1-3-8(2)15-11(18)13-17-16-12(19-13)9-4-6-10(14)7-5-9/h4-8H,3H2,1-2H3,(H,15,18). The van der Waals surface area contributed by atoms with E-state index in [9.17, 15) is 4.79 Å². The van der Waals surface area contributed by atoms with Crippen molar-refractivity contribution in [1.29, 1.82) is 0 Å². The molecule has 6 heteroatoms. The highest BCUT2D eigenvalue weighted by atomic mass is 35.5. The van der Waals surface area contributed by atoms with E-state index in [1.807, 2.05) is 13.8 Å². The number of nitrogens with one attached hydrogen (secondary N) is 1. The van der Waals surface area contributed by atoms with Gasteiger partial charge in [0.2, 0.25) is 5.89 Å². The van der Waals surface area contributed by atoms with E-state index in [4.69, 9.17) is 16.0 Å². The SMILES string of the molecule is CCC(C)NC(=O)c1nnc(-c2ccc(Cl)cc2)o1. The zero-order valence-corrected chi connectivity index (χ0v) is 11.4. The fraction of sp³-hybridized carbons (Fsp3) is 0.308. The van der Waals surface area contributed by atoms with Crippen molar-refractivity contribution in [2.75, 3.05) is 0 Å². The van der Waals surface area contributed by atoms with Crippen molar-refractivity contribution >= 4 is 17.5 Å². The molecule has 0 aliphatic heterocycles. The maximum Gasteiger partial charge on any atom is 0.309 e. The molecular formula is C13H14ClN3O2. The maximum atomic E-state index is 11.8. The lowest BCUT2D eigenvalue weighted by Crippen LogP contribution is -2.32. The van der Waals surface area contributed by atoms with Crippen LogP contribution in [0, 0.1) is 0 Å². The second kappa shape index (κ2) is 5.84. The predicted molar refractivity (Wildman–Crippen MR) is 72.0 cm³/mol. The van der Waals surface area contributed by atoms with Gasteiger partial charge in [-0.2, -0.15) is 0 Å². The minimum absolute atomic E-state index is 0.0368. The topological polar surface area (TPSA) is 68.0 Å². The molecular weight excluding hydrogens is 266 g/mol. The van der Waals surface area contributed by atoms with Gasteiger partial charge in [-0.3, -0.25) is 4.79 Å². The van der Waals surface area contributed by atoms with Crippen LogP contribution in [0.3, 0.4) is 0 Å². The van der Waals surface area contributed by atoms with Crippen molar-refractivity contribution in [3.8, 4) is 11.5 Å². The number of carbonyl (C=O) groups excluding carboxylic acids is 1. The van der Waals surface area contributed by atoms with Gasteiger partial charge in [0.15, 0.2) is 0 Å². The number of amides is 1. The fourth-order valence-corrected chi connectivity index (χ4v) is 1.54. The summed E-state index contributed by atoms with van der Waals surface area (Å²) < 4.78 is 5.34. The van der Waals surface area contributed by atoms with E-state index in [0.29, 0.717) is 10.9 Å². The van der Waals surface area contributed by atoms with Crippen LogP contribution in [0.4, 0.5) is 0 Å². The lowest BCUT2D eigenvalue weighted by atomic mass is 10.2. The molecule has 0 fully saturated rings. The van der Waals surface area contributed by atoms with E-state index in [1.165, 1.54) is 0 Å². The molecule has 1 amide bonds. The molecule has 0 saturated heterocycles. The summed E-state index contributed by atoms with van der Waals surface area (Å²) in [6.45, 7) is 3.90. The highest BCUT2D eigenvalue weighted by Crippen LogP contribution is 2.20. The summed E-state index contributed by atoms with van der Waals surface area (Å²) in [6.07, 6.45) is 0.837. The van der Waals surface area contributed by atoms with Crippen molar-refractivity contribution < 1.29 is 9.21 Å². The molecule has 0 bridgehead atoms. The van der Waals surface area contributed by atoms with Crippen LogP contribution in [0.2, 0.25) is 5.02 Å². The Bertz CT molecular complexity index is 566. The summed E-state index contributed by atoms with van der Waals surface area (Å²) in [6, 6.07) is 7.02. The molecule has 1 heterocycles. The predicted octanol–water partition coefficient (Wildman–Crippen LogP) is 2.92. The smallest absolute Gasteiger partial charge is 0.309 e. The molecule has 19 heavy (non-hydrogen) atoms. The van der Waals surface area contributed by atoms with Crippen molar-refractivity contribution in [3.63, 3.8) is 0 Å². The summed E-state index contributed by atoms with van der Waals surface area (Å²) in [7, 11) is 0. The summed E-state index contributed by atoms with van der Waals surface area (Å²) in [5.41, 5.74) is 0.722. The van der Waals surface area contributed by atoms with Crippen LogP contribution in [-0.2, 0) is 0 Å². The summed E-state index contributed by atoms with van der Waals surface area (Å²) in [5.74, 6) is -0.0988. The molecule has 0 saturated carbocycles. The van der Waals surface area contributed by atoms with Crippen LogP contribution in [-0.4, -0.2) is 22.1 Å². The first-order valence-electron chi connectivity index (χ1n) is 6.00. The second-order valence-corrected chi connectivity index (χ2v) is 4.64. The van der Waals surface area contributed by atoms with Crippen molar-refractivity contribution in [2.24, 2.45) is 0 Å². The zero-order valence-electron chi connectivity index (χ0n) is 10.7. The molecule has 100 valence electrons. The van der Waals surface area contributed by atoms with Gasteiger partial charge in [-0.25, -0.2) is 0 Å². The van der Waals surface area contributed by atoms with Crippen molar-refractivity contribution in [2.45, 2.75) is 26.3 Å². The lowest BCUT2D eigenvalue weighted by Gasteiger charge is -2.08. The van der Waals surface area contributed by atoms with Gasteiger partial charge in [-0.05, 0) is 37.6 Å². The Hall–Kier alpha value is -1.88. The average molecular weight is 280 g/mol. The van der Waals surface area contributed by atoms with Crippen LogP contribution >= 0.6 is 11.6 Å². The van der Waals surface area contributed by atoms with Crippen LogP contribution in [0.5, 0.6) is 0 Å².